The number of amides is 2. The predicted molar refractivity (Wildman–Crippen MR) is 88.9 cm³/mol. The second-order valence-electron chi connectivity index (χ2n) is 4.96. The molecule has 0 saturated carbocycles. The molecule has 0 aliphatic rings. The molecule has 0 bridgehead atoms. The van der Waals surface area contributed by atoms with Crippen LogP contribution in [0.3, 0.4) is 0 Å². The normalized spacial score (nSPS) is 10.4. The first-order chi connectivity index (χ1) is 11.7. The van der Waals surface area contributed by atoms with Crippen LogP contribution >= 0.6 is 0 Å². The third kappa shape index (κ3) is 5.49. The van der Waals surface area contributed by atoms with Gasteiger partial charge in [-0.1, -0.05) is 12.1 Å². The van der Waals surface area contributed by atoms with Crippen molar-refractivity contribution in [1.29, 1.82) is 0 Å². The minimum Gasteiger partial charge on any atom is -0.465 e. The van der Waals surface area contributed by atoms with Crippen LogP contribution in [-0.4, -0.2) is 37.5 Å². The zero-order valence-corrected chi connectivity index (χ0v) is 17.5. The van der Waals surface area contributed by atoms with Crippen molar-refractivity contribution < 1.29 is 52.3 Å². The van der Waals surface area contributed by atoms with Gasteiger partial charge in [0.25, 0.3) is 0 Å². The molecule has 2 aromatic rings. The molecule has 0 fully saturated rings. The van der Waals surface area contributed by atoms with E-state index in [9.17, 15) is 18.0 Å². The van der Waals surface area contributed by atoms with Gasteiger partial charge in [0, 0.05) is 11.4 Å². The Morgan fingerprint density at radius 2 is 1.69 bits per heavy atom. The van der Waals surface area contributed by atoms with E-state index in [1.165, 1.54) is 18.2 Å². The van der Waals surface area contributed by atoms with Gasteiger partial charge < -0.3 is 14.8 Å². The molecule has 1 aromatic heterocycles. The molecule has 2 amide bonds. The number of hydrogen-bond donors (Lipinski definition) is 1. The van der Waals surface area contributed by atoms with Gasteiger partial charge in [0.1, 0.15) is 5.95 Å². The molecule has 0 radical (unpaired) electrons. The van der Waals surface area contributed by atoms with Crippen LogP contribution in [0.5, 0.6) is 0 Å². The van der Waals surface area contributed by atoms with Crippen LogP contribution in [0, 0.1) is 13.8 Å². The fourth-order valence-corrected chi connectivity index (χ4v) is 3.07. The van der Waals surface area contributed by atoms with Gasteiger partial charge in [-0.2, -0.15) is 0 Å². The van der Waals surface area contributed by atoms with E-state index in [0.29, 0.717) is 11.4 Å². The Balaban J connectivity index is 0.00000338. The summed E-state index contributed by atoms with van der Waals surface area (Å²) in [6.07, 6.45) is 0. The van der Waals surface area contributed by atoms with Crippen molar-refractivity contribution in [2.45, 2.75) is 18.7 Å². The van der Waals surface area contributed by atoms with Gasteiger partial charge in [-0.15, -0.1) is 0 Å². The molecule has 1 heterocycles. The van der Waals surface area contributed by atoms with Gasteiger partial charge >= 0.3 is 35.5 Å². The summed E-state index contributed by atoms with van der Waals surface area (Å²) < 4.78 is 32.3. The quantitative estimate of drug-likeness (QED) is 0.537. The van der Waals surface area contributed by atoms with Crippen molar-refractivity contribution in [1.82, 2.24) is 9.97 Å². The molecule has 2 rings (SSSR count). The number of hydrogen-bond acceptors (Lipinski definition) is 7. The molecule has 0 unspecified atom stereocenters. The molecule has 0 atom stereocenters. The van der Waals surface area contributed by atoms with Crippen LogP contribution in [-0.2, 0) is 14.8 Å². The number of anilines is 1. The second kappa shape index (κ2) is 9.08. The number of ether oxygens (including phenoxy) is 1. The maximum absolute atomic E-state index is 12.3. The molecule has 0 aliphatic heterocycles. The van der Waals surface area contributed by atoms with E-state index in [1.54, 1.807) is 19.9 Å². The van der Waals surface area contributed by atoms with E-state index in [4.69, 9.17) is 0 Å². The number of carbonyl (C=O) groups excluding carboxylic acids is 2. The van der Waals surface area contributed by atoms with E-state index in [-0.39, 0.29) is 41.1 Å². The van der Waals surface area contributed by atoms with E-state index >= 15 is 0 Å². The van der Waals surface area contributed by atoms with Crippen LogP contribution in [0.2, 0.25) is 0 Å². The molecule has 0 saturated heterocycles. The number of esters is 1. The molecule has 1 N–H and O–H groups in total. The second-order valence-corrected chi connectivity index (χ2v) is 6.53. The largest absolute Gasteiger partial charge is 1.00 e. The van der Waals surface area contributed by atoms with Crippen molar-refractivity contribution in [2.75, 3.05) is 12.4 Å². The van der Waals surface area contributed by atoms with E-state index < -0.39 is 26.9 Å². The predicted octanol–water partition coefficient (Wildman–Crippen LogP) is -0.821. The minimum atomic E-state index is -4.43. The summed E-state index contributed by atoms with van der Waals surface area (Å²) in [5.74, 6) is -0.921. The summed E-state index contributed by atoms with van der Waals surface area (Å²) in [5, 5.41) is 2.19. The smallest absolute Gasteiger partial charge is 0.465 e. The van der Waals surface area contributed by atoms with E-state index in [1.807, 2.05) is 0 Å². The molecule has 26 heavy (non-hydrogen) atoms. The maximum Gasteiger partial charge on any atom is 1.00 e. The standard InChI is InChI=1S/C15H16N4O5S.Na/c1-9-8-10(2)17-14(16-9)18-15(21)19-25(22,23)12-7-5-4-6-11(12)13(20)24-3;/h4-8H,1-3H3,(H2,16,17,18,19,21);/q;+1/p-1. The van der Waals surface area contributed by atoms with Crippen molar-refractivity contribution in [2.24, 2.45) is 0 Å². The van der Waals surface area contributed by atoms with Gasteiger partial charge in [-0.3, -0.25) is 4.79 Å². The number of nitrogens with one attached hydrogen (secondary N) is 1. The molecule has 1 aromatic carbocycles. The number of benzene rings is 1. The average Bonchev–Trinajstić information content (AvgIpc) is 2.52. The van der Waals surface area contributed by atoms with Gasteiger partial charge in [0.2, 0.25) is 10.0 Å². The number of carbonyl (C=O) groups is 2. The number of aryl methyl sites for hydroxylation is 2. The van der Waals surface area contributed by atoms with Crippen LogP contribution in [0.1, 0.15) is 21.7 Å². The summed E-state index contributed by atoms with van der Waals surface area (Å²) in [5.41, 5.74) is 0.979. The number of sulfonamides is 1. The first-order valence-corrected chi connectivity index (χ1v) is 8.45. The first kappa shape index (κ1) is 22.0. The molecule has 0 spiro atoms. The Bertz CT molecular complexity index is 913. The molecular formula is C15H15N4NaO5S. The fourth-order valence-electron chi connectivity index (χ4n) is 2.03. The van der Waals surface area contributed by atoms with E-state index in [0.717, 1.165) is 13.2 Å². The van der Waals surface area contributed by atoms with Crippen molar-refractivity contribution in [3.63, 3.8) is 0 Å². The Labute approximate surface area is 172 Å². The Morgan fingerprint density at radius 3 is 2.27 bits per heavy atom. The number of urea groups is 1. The zero-order chi connectivity index (χ0) is 18.6. The average molecular weight is 386 g/mol. The monoisotopic (exact) mass is 386 g/mol. The zero-order valence-electron chi connectivity index (χ0n) is 14.7. The van der Waals surface area contributed by atoms with Crippen LogP contribution in [0.25, 0.3) is 4.72 Å². The minimum absolute atomic E-state index is 0. The van der Waals surface area contributed by atoms with Gasteiger partial charge in [-0.05, 0) is 32.0 Å². The van der Waals surface area contributed by atoms with Crippen LogP contribution in [0.15, 0.2) is 35.2 Å². The summed E-state index contributed by atoms with van der Waals surface area (Å²) in [6.45, 7) is 3.40. The number of rotatable bonds is 4. The molecular weight excluding hydrogens is 371 g/mol. The number of methoxy groups -OCH3 is 1. The summed E-state index contributed by atoms with van der Waals surface area (Å²) >= 11 is 0. The molecule has 11 heteroatoms. The summed E-state index contributed by atoms with van der Waals surface area (Å²) in [4.78, 5) is 31.1. The number of aromatic nitrogens is 2. The Kier molecular flexibility index (Phi) is 7.69. The SMILES string of the molecule is COC(=O)c1ccccc1S(=O)(=O)[N-]C(=O)Nc1nc(C)cc(C)n1.[Na+]. The van der Waals surface area contributed by atoms with Gasteiger partial charge in [0.15, 0.2) is 6.03 Å². The van der Waals surface area contributed by atoms with Crippen molar-refractivity contribution >= 4 is 28.0 Å². The van der Waals surface area contributed by atoms with Gasteiger partial charge in [-0.25, -0.2) is 23.2 Å². The molecule has 132 valence electrons. The maximum atomic E-state index is 12.3. The third-order valence-corrected chi connectivity index (χ3v) is 4.29. The fraction of sp³-hybridized carbons (Fsp3) is 0.200. The summed E-state index contributed by atoms with van der Waals surface area (Å²) in [6, 6.07) is 5.81. The summed E-state index contributed by atoms with van der Waals surface area (Å²) in [7, 11) is -3.31. The molecule has 0 aliphatic carbocycles. The topological polar surface area (TPSA) is 129 Å². The third-order valence-electron chi connectivity index (χ3n) is 2.97. The van der Waals surface area contributed by atoms with Gasteiger partial charge in [0.05, 0.1) is 17.6 Å². The molecule has 9 nitrogen and oxygen atoms in total. The van der Waals surface area contributed by atoms with E-state index in [2.05, 4.69) is 24.7 Å². The van der Waals surface area contributed by atoms with Crippen molar-refractivity contribution in [3.05, 3.63) is 52.0 Å². The number of nitrogens with zero attached hydrogens (tertiary/aromatic N) is 3. The van der Waals surface area contributed by atoms with Crippen molar-refractivity contribution in [3.8, 4) is 0 Å². The Hall–Kier alpha value is -2.01. The van der Waals surface area contributed by atoms with Crippen LogP contribution in [0.4, 0.5) is 10.7 Å². The van der Waals surface area contributed by atoms with Crippen LogP contribution < -0.4 is 34.9 Å². The Morgan fingerprint density at radius 1 is 1.12 bits per heavy atom. The first-order valence-electron chi connectivity index (χ1n) is 7.01.